The third kappa shape index (κ3) is 4.72. The zero-order chi connectivity index (χ0) is 17.7. The molecule has 0 radical (unpaired) electrons. The molecule has 0 aliphatic heterocycles. The molecule has 0 aliphatic rings. The van der Waals surface area contributed by atoms with Crippen molar-refractivity contribution in [2.24, 2.45) is 0 Å². The predicted octanol–water partition coefficient (Wildman–Crippen LogP) is 2.60. The summed E-state index contributed by atoms with van der Waals surface area (Å²) in [5, 5.41) is 1.93. The number of benzene rings is 1. The first-order chi connectivity index (χ1) is 11.4. The van der Waals surface area contributed by atoms with E-state index in [-0.39, 0.29) is 5.91 Å². The molecule has 5 nitrogen and oxygen atoms in total. The van der Waals surface area contributed by atoms with Crippen LogP contribution in [-0.4, -0.2) is 57.0 Å². The Labute approximate surface area is 148 Å². The van der Waals surface area contributed by atoms with Crippen LogP contribution in [0, 0.1) is 0 Å². The van der Waals surface area contributed by atoms with Gasteiger partial charge in [0.1, 0.15) is 0 Å². The number of carbonyl (C=O) groups excluding carboxylic acids is 1. The highest BCUT2D eigenvalue weighted by atomic mass is 32.1. The van der Waals surface area contributed by atoms with Gasteiger partial charge < -0.3 is 20.4 Å². The van der Waals surface area contributed by atoms with Crippen LogP contribution in [0.4, 0.5) is 11.4 Å². The Bertz CT molecular complexity index is 668. The Hall–Kier alpha value is -2.05. The van der Waals surface area contributed by atoms with Crippen molar-refractivity contribution in [3.05, 3.63) is 46.2 Å². The SMILES string of the molecule is CN(C)CCN(Cc1cc(N)ccc1N(C)C)C(=O)c1cccs1. The van der Waals surface area contributed by atoms with Crippen molar-refractivity contribution in [3.63, 3.8) is 0 Å². The summed E-state index contributed by atoms with van der Waals surface area (Å²) >= 11 is 1.48. The molecule has 0 spiro atoms. The lowest BCUT2D eigenvalue weighted by atomic mass is 10.1. The van der Waals surface area contributed by atoms with Crippen molar-refractivity contribution in [1.29, 1.82) is 0 Å². The number of hydrogen-bond donors (Lipinski definition) is 1. The minimum atomic E-state index is 0.0685. The summed E-state index contributed by atoms with van der Waals surface area (Å²) < 4.78 is 0. The maximum absolute atomic E-state index is 12.9. The van der Waals surface area contributed by atoms with Crippen molar-refractivity contribution < 1.29 is 4.79 Å². The molecule has 130 valence electrons. The molecule has 1 aromatic carbocycles. The van der Waals surface area contributed by atoms with Crippen molar-refractivity contribution in [1.82, 2.24) is 9.80 Å². The molecule has 2 rings (SSSR count). The van der Waals surface area contributed by atoms with E-state index in [1.54, 1.807) is 0 Å². The summed E-state index contributed by atoms with van der Waals surface area (Å²) in [4.78, 5) is 19.7. The standard InChI is InChI=1S/C18H26N4OS/c1-20(2)9-10-22(18(23)17-6-5-11-24-17)13-14-12-15(19)7-8-16(14)21(3)4/h5-8,11-12H,9-10,13,19H2,1-4H3. The lowest BCUT2D eigenvalue weighted by Gasteiger charge is -2.27. The number of amides is 1. The lowest BCUT2D eigenvalue weighted by molar-refractivity contribution is 0.0737. The van der Waals surface area contributed by atoms with Gasteiger partial charge >= 0.3 is 0 Å². The fourth-order valence-electron chi connectivity index (χ4n) is 2.50. The number of nitrogens with zero attached hydrogens (tertiary/aromatic N) is 3. The zero-order valence-corrected chi connectivity index (χ0v) is 15.6. The van der Waals surface area contributed by atoms with Gasteiger partial charge in [-0.2, -0.15) is 0 Å². The van der Waals surface area contributed by atoms with Crippen LogP contribution in [0.15, 0.2) is 35.7 Å². The van der Waals surface area contributed by atoms with Gasteiger partial charge in [0.05, 0.1) is 4.88 Å². The van der Waals surface area contributed by atoms with Crippen LogP contribution in [0.1, 0.15) is 15.2 Å². The number of hydrogen-bond acceptors (Lipinski definition) is 5. The topological polar surface area (TPSA) is 52.8 Å². The second kappa shape index (κ2) is 8.17. The molecule has 0 unspecified atom stereocenters. The summed E-state index contributed by atoms with van der Waals surface area (Å²) in [6.07, 6.45) is 0. The maximum Gasteiger partial charge on any atom is 0.264 e. The molecule has 1 amide bonds. The molecular weight excluding hydrogens is 320 g/mol. The molecule has 0 saturated carbocycles. The van der Waals surface area contributed by atoms with Gasteiger partial charge in [0, 0.05) is 45.1 Å². The van der Waals surface area contributed by atoms with E-state index in [2.05, 4.69) is 9.80 Å². The number of nitrogen functional groups attached to an aromatic ring is 1. The molecule has 1 heterocycles. The van der Waals surface area contributed by atoms with E-state index < -0.39 is 0 Å². The van der Waals surface area contributed by atoms with Crippen molar-refractivity contribution in [3.8, 4) is 0 Å². The van der Waals surface area contributed by atoms with Gasteiger partial charge in [-0.15, -0.1) is 11.3 Å². The van der Waals surface area contributed by atoms with E-state index in [1.807, 2.05) is 68.8 Å². The smallest absolute Gasteiger partial charge is 0.264 e. The Morgan fingerprint density at radius 2 is 1.88 bits per heavy atom. The van der Waals surface area contributed by atoms with Gasteiger partial charge in [0.2, 0.25) is 0 Å². The summed E-state index contributed by atoms with van der Waals surface area (Å²) in [6.45, 7) is 2.03. The largest absolute Gasteiger partial charge is 0.399 e. The highest BCUT2D eigenvalue weighted by Gasteiger charge is 2.19. The summed E-state index contributed by atoms with van der Waals surface area (Å²) in [7, 11) is 8.03. The Balaban J connectivity index is 2.28. The van der Waals surface area contributed by atoms with Crippen molar-refractivity contribution in [2.75, 3.05) is 51.9 Å². The van der Waals surface area contributed by atoms with E-state index in [0.29, 0.717) is 18.8 Å². The van der Waals surface area contributed by atoms with Crippen LogP contribution in [0.25, 0.3) is 0 Å². The fraction of sp³-hybridized carbons (Fsp3) is 0.389. The molecule has 1 aromatic heterocycles. The molecule has 0 saturated heterocycles. The van der Waals surface area contributed by atoms with Gasteiger partial charge in [-0.1, -0.05) is 6.07 Å². The van der Waals surface area contributed by atoms with Crippen LogP contribution in [0.3, 0.4) is 0 Å². The highest BCUT2D eigenvalue weighted by molar-refractivity contribution is 7.12. The molecule has 0 fully saturated rings. The number of rotatable bonds is 7. The average molecular weight is 347 g/mol. The predicted molar refractivity (Wildman–Crippen MR) is 103 cm³/mol. The number of carbonyl (C=O) groups is 1. The Morgan fingerprint density at radius 1 is 1.12 bits per heavy atom. The summed E-state index contributed by atoms with van der Waals surface area (Å²) in [6, 6.07) is 9.64. The Kier molecular flexibility index (Phi) is 6.23. The first-order valence-corrected chi connectivity index (χ1v) is 8.79. The van der Waals surface area contributed by atoms with E-state index in [1.165, 1.54) is 11.3 Å². The molecule has 2 N–H and O–H groups in total. The summed E-state index contributed by atoms with van der Waals surface area (Å²) in [5.74, 6) is 0.0685. The third-order valence-electron chi connectivity index (χ3n) is 3.78. The second-order valence-corrected chi connectivity index (χ2v) is 7.24. The van der Waals surface area contributed by atoms with Crippen LogP contribution < -0.4 is 10.6 Å². The fourth-order valence-corrected chi connectivity index (χ4v) is 3.19. The van der Waals surface area contributed by atoms with E-state index in [9.17, 15) is 4.79 Å². The van der Waals surface area contributed by atoms with Crippen molar-refractivity contribution in [2.45, 2.75) is 6.54 Å². The summed E-state index contributed by atoms with van der Waals surface area (Å²) in [5.41, 5.74) is 8.82. The molecule has 0 bridgehead atoms. The van der Waals surface area contributed by atoms with Gasteiger partial charge in [-0.3, -0.25) is 4.79 Å². The van der Waals surface area contributed by atoms with E-state index in [0.717, 1.165) is 22.7 Å². The second-order valence-electron chi connectivity index (χ2n) is 6.29. The van der Waals surface area contributed by atoms with E-state index >= 15 is 0 Å². The molecule has 2 aromatic rings. The monoisotopic (exact) mass is 346 g/mol. The van der Waals surface area contributed by atoms with E-state index in [4.69, 9.17) is 5.73 Å². The molecule has 0 atom stereocenters. The van der Waals surface area contributed by atoms with Crippen LogP contribution in [-0.2, 0) is 6.54 Å². The maximum atomic E-state index is 12.9. The van der Waals surface area contributed by atoms with Crippen LogP contribution in [0.2, 0.25) is 0 Å². The zero-order valence-electron chi connectivity index (χ0n) is 14.8. The number of anilines is 2. The third-order valence-corrected chi connectivity index (χ3v) is 4.64. The molecular formula is C18H26N4OS. The van der Waals surface area contributed by atoms with Crippen LogP contribution in [0.5, 0.6) is 0 Å². The normalized spacial score (nSPS) is 10.9. The van der Waals surface area contributed by atoms with Gasteiger partial charge in [0.15, 0.2) is 0 Å². The minimum absolute atomic E-state index is 0.0685. The lowest BCUT2D eigenvalue weighted by Crippen LogP contribution is -2.36. The average Bonchev–Trinajstić information content (AvgIpc) is 3.04. The minimum Gasteiger partial charge on any atom is -0.399 e. The van der Waals surface area contributed by atoms with Gasteiger partial charge in [0.25, 0.3) is 5.91 Å². The molecule has 6 heteroatoms. The number of thiophene rings is 1. The first-order valence-electron chi connectivity index (χ1n) is 7.91. The first kappa shape index (κ1) is 18.3. The van der Waals surface area contributed by atoms with Gasteiger partial charge in [-0.05, 0) is 49.3 Å². The highest BCUT2D eigenvalue weighted by Crippen LogP contribution is 2.24. The Morgan fingerprint density at radius 3 is 2.46 bits per heavy atom. The molecule has 24 heavy (non-hydrogen) atoms. The van der Waals surface area contributed by atoms with Gasteiger partial charge in [-0.25, -0.2) is 0 Å². The number of nitrogens with two attached hydrogens (primary N) is 1. The molecule has 0 aliphatic carbocycles. The van der Waals surface area contributed by atoms with Crippen molar-refractivity contribution >= 4 is 28.6 Å². The number of likely N-dealkylation sites (N-methyl/N-ethyl adjacent to an activating group) is 1. The van der Waals surface area contributed by atoms with Crippen LogP contribution >= 0.6 is 11.3 Å². The quantitative estimate of drug-likeness (QED) is 0.783.